The molecule has 124 valence electrons. The molecule has 0 heterocycles. The van der Waals surface area contributed by atoms with E-state index in [2.05, 4.69) is 19.1 Å². The van der Waals surface area contributed by atoms with Crippen LogP contribution in [0.4, 0.5) is 0 Å². The minimum absolute atomic E-state index is 0.180. The lowest BCUT2D eigenvalue weighted by Crippen LogP contribution is -2.46. The van der Waals surface area contributed by atoms with E-state index in [-0.39, 0.29) is 18.8 Å². The average molecular weight is 323 g/mol. The lowest BCUT2D eigenvalue weighted by atomic mass is 9.55. The number of benzene rings is 2. The summed E-state index contributed by atoms with van der Waals surface area (Å²) in [6.45, 7) is 1.64. The van der Waals surface area contributed by atoms with Gasteiger partial charge in [-0.05, 0) is 29.3 Å². The third-order valence-electron chi connectivity index (χ3n) is 3.82. The van der Waals surface area contributed by atoms with Crippen LogP contribution >= 0.6 is 0 Å². The molecule has 0 aromatic heterocycles. The monoisotopic (exact) mass is 323 g/mol. The van der Waals surface area contributed by atoms with Gasteiger partial charge in [0.1, 0.15) is 0 Å². The van der Waals surface area contributed by atoms with Crippen molar-refractivity contribution >= 4 is 29.7 Å². The van der Waals surface area contributed by atoms with E-state index >= 15 is 0 Å². The highest BCUT2D eigenvalue weighted by atomic mass is 16.5. The van der Waals surface area contributed by atoms with E-state index in [1.54, 1.807) is 0 Å². The Bertz CT molecular complexity index is 688. The molecule has 0 aliphatic heterocycles. The molecule has 2 rings (SSSR count). The standard InChI is InChI=1S/C19H22BNO3/c1-2-15-8-6-11-17(14-15)20(16-9-4-3-5-10-16)24-19(23)13-7-12-18(21)22/h3-6,8-11,14H,2,7,12-13H2,1H3,(H2,21,22). The summed E-state index contributed by atoms with van der Waals surface area (Å²) >= 11 is 0. The zero-order valence-electron chi connectivity index (χ0n) is 13.9. The fraction of sp³-hybridized carbons (Fsp3) is 0.263. The highest BCUT2D eigenvalue weighted by Crippen LogP contribution is 2.03. The van der Waals surface area contributed by atoms with E-state index in [1.807, 2.05) is 42.5 Å². The Kier molecular flexibility index (Phi) is 6.61. The average Bonchev–Trinajstić information content (AvgIpc) is 2.60. The van der Waals surface area contributed by atoms with Gasteiger partial charge in [-0.2, -0.15) is 0 Å². The molecule has 0 aliphatic rings. The number of rotatable bonds is 8. The van der Waals surface area contributed by atoms with E-state index in [1.165, 1.54) is 5.56 Å². The maximum absolute atomic E-state index is 12.2. The second-order valence-corrected chi connectivity index (χ2v) is 5.70. The number of hydrogen-bond acceptors (Lipinski definition) is 3. The Morgan fingerprint density at radius 1 is 1.00 bits per heavy atom. The van der Waals surface area contributed by atoms with Crippen molar-refractivity contribution in [2.24, 2.45) is 5.73 Å². The molecule has 0 bridgehead atoms. The van der Waals surface area contributed by atoms with E-state index in [0.29, 0.717) is 6.42 Å². The number of carbonyl (C=O) groups is 2. The minimum atomic E-state index is -0.446. The molecule has 2 aromatic rings. The fourth-order valence-electron chi connectivity index (χ4n) is 2.53. The topological polar surface area (TPSA) is 69.4 Å². The van der Waals surface area contributed by atoms with Crippen molar-refractivity contribution in [2.45, 2.75) is 32.6 Å². The molecular weight excluding hydrogens is 301 g/mol. The van der Waals surface area contributed by atoms with Crippen molar-refractivity contribution in [3.8, 4) is 0 Å². The Morgan fingerprint density at radius 3 is 2.38 bits per heavy atom. The van der Waals surface area contributed by atoms with Gasteiger partial charge in [0.05, 0.1) is 0 Å². The van der Waals surface area contributed by atoms with E-state index in [4.69, 9.17) is 10.4 Å². The van der Waals surface area contributed by atoms with Gasteiger partial charge in [-0.1, -0.05) is 61.5 Å². The normalized spacial score (nSPS) is 10.2. The van der Waals surface area contributed by atoms with Crippen LogP contribution in [-0.2, 0) is 20.7 Å². The first-order chi connectivity index (χ1) is 11.6. The molecule has 0 saturated heterocycles. The van der Waals surface area contributed by atoms with E-state index in [9.17, 15) is 9.59 Å². The van der Waals surface area contributed by atoms with Crippen LogP contribution in [0.3, 0.4) is 0 Å². The van der Waals surface area contributed by atoms with Crippen molar-refractivity contribution < 1.29 is 14.2 Å². The maximum Gasteiger partial charge on any atom is 0.429 e. The van der Waals surface area contributed by atoms with Gasteiger partial charge < -0.3 is 10.4 Å². The van der Waals surface area contributed by atoms with Crippen LogP contribution in [0.5, 0.6) is 0 Å². The van der Waals surface area contributed by atoms with Gasteiger partial charge in [-0.15, -0.1) is 0 Å². The molecule has 0 unspecified atom stereocenters. The zero-order valence-corrected chi connectivity index (χ0v) is 13.9. The molecule has 0 radical (unpaired) electrons. The summed E-state index contributed by atoms with van der Waals surface area (Å²) in [5, 5.41) is 0. The van der Waals surface area contributed by atoms with Crippen molar-refractivity contribution in [1.29, 1.82) is 0 Å². The molecule has 24 heavy (non-hydrogen) atoms. The molecule has 0 fully saturated rings. The highest BCUT2D eigenvalue weighted by molar-refractivity contribution is 6.81. The number of aryl methyl sites for hydroxylation is 1. The Morgan fingerprint density at radius 2 is 1.71 bits per heavy atom. The summed E-state index contributed by atoms with van der Waals surface area (Å²) in [7, 11) is 0. The SMILES string of the molecule is CCc1cccc(B(OC(=O)CCCC(N)=O)c2ccccc2)c1. The lowest BCUT2D eigenvalue weighted by molar-refractivity contribution is -0.134. The van der Waals surface area contributed by atoms with Crippen molar-refractivity contribution in [3.63, 3.8) is 0 Å². The first-order valence-electron chi connectivity index (χ1n) is 8.21. The first-order valence-corrected chi connectivity index (χ1v) is 8.21. The number of amides is 1. The van der Waals surface area contributed by atoms with Crippen LogP contribution in [0, 0.1) is 0 Å². The molecule has 0 saturated carbocycles. The predicted molar refractivity (Wildman–Crippen MR) is 96.4 cm³/mol. The summed E-state index contributed by atoms with van der Waals surface area (Å²) < 4.78 is 5.71. The van der Waals surface area contributed by atoms with Gasteiger partial charge in [-0.25, -0.2) is 0 Å². The van der Waals surface area contributed by atoms with Crippen LogP contribution < -0.4 is 16.7 Å². The molecule has 0 aliphatic carbocycles. The molecule has 4 nitrogen and oxygen atoms in total. The molecule has 0 atom stereocenters. The Balaban J connectivity index is 2.17. The number of primary amides is 1. The Labute approximate surface area is 143 Å². The highest BCUT2D eigenvalue weighted by Gasteiger charge is 2.25. The van der Waals surface area contributed by atoms with Gasteiger partial charge in [-0.3, -0.25) is 9.59 Å². The quantitative estimate of drug-likeness (QED) is 0.750. The third kappa shape index (κ3) is 5.27. The zero-order chi connectivity index (χ0) is 17.4. The van der Waals surface area contributed by atoms with Gasteiger partial charge >= 0.3 is 6.92 Å². The predicted octanol–water partition coefficient (Wildman–Crippen LogP) is 1.55. The second-order valence-electron chi connectivity index (χ2n) is 5.70. The number of carbonyl (C=O) groups excluding carboxylic acids is 2. The van der Waals surface area contributed by atoms with Crippen molar-refractivity contribution in [2.75, 3.05) is 0 Å². The molecular formula is C19H22BNO3. The van der Waals surface area contributed by atoms with Crippen molar-refractivity contribution in [3.05, 3.63) is 60.2 Å². The summed E-state index contributed by atoms with van der Waals surface area (Å²) in [4.78, 5) is 22.9. The van der Waals surface area contributed by atoms with E-state index in [0.717, 1.165) is 17.3 Å². The number of nitrogens with two attached hydrogens (primary N) is 1. The molecule has 2 aromatic carbocycles. The molecule has 2 N–H and O–H groups in total. The van der Waals surface area contributed by atoms with Gasteiger partial charge in [0, 0.05) is 12.8 Å². The molecule has 1 amide bonds. The summed E-state index contributed by atoms with van der Waals surface area (Å²) in [6, 6.07) is 17.7. The third-order valence-corrected chi connectivity index (χ3v) is 3.82. The van der Waals surface area contributed by atoms with Gasteiger partial charge in [0.25, 0.3) is 5.97 Å². The summed E-state index contributed by atoms with van der Waals surface area (Å²) in [5.74, 6) is -0.731. The molecule has 5 heteroatoms. The molecule has 0 spiro atoms. The van der Waals surface area contributed by atoms with Crippen molar-refractivity contribution in [1.82, 2.24) is 0 Å². The summed E-state index contributed by atoms with van der Waals surface area (Å²) in [5.41, 5.74) is 8.17. The fourth-order valence-corrected chi connectivity index (χ4v) is 2.53. The first kappa shape index (κ1) is 17.8. The van der Waals surface area contributed by atoms with Crippen LogP contribution in [-0.4, -0.2) is 18.8 Å². The van der Waals surface area contributed by atoms with Gasteiger partial charge in [0.2, 0.25) is 5.91 Å². The van der Waals surface area contributed by atoms with E-state index < -0.39 is 12.8 Å². The number of hydrogen-bond donors (Lipinski definition) is 1. The largest absolute Gasteiger partial charge is 0.526 e. The lowest BCUT2D eigenvalue weighted by Gasteiger charge is -2.16. The smallest absolute Gasteiger partial charge is 0.429 e. The van der Waals surface area contributed by atoms with Gasteiger partial charge in [0.15, 0.2) is 0 Å². The minimum Gasteiger partial charge on any atom is -0.526 e. The second kappa shape index (κ2) is 8.92. The van der Waals surface area contributed by atoms with Crippen LogP contribution in [0.15, 0.2) is 54.6 Å². The van der Waals surface area contributed by atoms with Crippen LogP contribution in [0.25, 0.3) is 0 Å². The Hall–Kier alpha value is -2.56. The van der Waals surface area contributed by atoms with Crippen LogP contribution in [0.2, 0.25) is 0 Å². The summed E-state index contributed by atoms with van der Waals surface area (Å²) in [6.07, 6.45) is 1.70. The van der Waals surface area contributed by atoms with Crippen LogP contribution in [0.1, 0.15) is 31.7 Å². The maximum atomic E-state index is 12.2.